The van der Waals surface area contributed by atoms with E-state index in [9.17, 15) is 14.4 Å². The summed E-state index contributed by atoms with van der Waals surface area (Å²) in [5.41, 5.74) is 2.75. The predicted octanol–water partition coefficient (Wildman–Crippen LogP) is 3.99. The number of hydrogen-bond donors (Lipinski definition) is 1. The summed E-state index contributed by atoms with van der Waals surface area (Å²) in [6, 6.07) is 5.02. The fourth-order valence-electron chi connectivity index (χ4n) is 2.86. The lowest BCUT2D eigenvalue weighted by molar-refractivity contribution is -0.148. The van der Waals surface area contributed by atoms with Crippen LogP contribution in [0.3, 0.4) is 0 Å². The summed E-state index contributed by atoms with van der Waals surface area (Å²) in [7, 11) is 0. The highest BCUT2D eigenvalue weighted by Crippen LogP contribution is 2.22. The summed E-state index contributed by atoms with van der Waals surface area (Å²) < 4.78 is 10.5. The van der Waals surface area contributed by atoms with Crippen LogP contribution in [0.2, 0.25) is 5.02 Å². The third kappa shape index (κ3) is 4.77. The van der Waals surface area contributed by atoms with E-state index >= 15 is 0 Å². The quantitative estimate of drug-likeness (QED) is 0.569. The molecule has 0 saturated carbocycles. The van der Waals surface area contributed by atoms with Crippen LogP contribution < -0.4 is 4.74 Å². The van der Waals surface area contributed by atoms with Gasteiger partial charge < -0.3 is 14.5 Å². The summed E-state index contributed by atoms with van der Waals surface area (Å²) in [6.07, 6.45) is -1.01. The number of benzene rings is 1. The maximum Gasteiger partial charge on any atom is 0.344 e. The number of H-pyrrole nitrogens is 1. The van der Waals surface area contributed by atoms with Crippen molar-refractivity contribution in [2.45, 2.75) is 40.7 Å². The third-order valence-electron chi connectivity index (χ3n) is 4.20. The molecule has 0 bridgehead atoms. The van der Waals surface area contributed by atoms with Crippen LogP contribution in [0.1, 0.15) is 51.5 Å². The molecule has 7 heteroatoms. The highest BCUT2D eigenvalue weighted by molar-refractivity contribution is 6.31. The molecule has 0 aliphatic carbocycles. The molecule has 1 N–H and O–H groups in total. The SMILES string of the molecule is CC(=O)c1c(C)[nH]c(C(=O)[C@H](C)OC(=O)COc2ccc(Cl)c(C)c2)c1C. The Kier molecular flexibility index (Phi) is 6.44. The Morgan fingerprint density at radius 1 is 1.19 bits per heavy atom. The summed E-state index contributed by atoms with van der Waals surface area (Å²) in [5, 5.41) is 0.602. The van der Waals surface area contributed by atoms with Crippen molar-refractivity contribution in [3.63, 3.8) is 0 Å². The maximum absolute atomic E-state index is 12.6. The Bertz CT molecular complexity index is 900. The van der Waals surface area contributed by atoms with Gasteiger partial charge in [0.1, 0.15) is 5.75 Å². The average molecular weight is 392 g/mol. The Balaban J connectivity index is 1.99. The zero-order valence-electron chi connectivity index (χ0n) is 15.9. The van der Waals surface area contributed by atoms with E-state index in [1.165, 1.54) is 13.8 Å². The first-order chi connectivity index (χ1) is 12.6. The maximum atomic E-state index is 12.6. The van der Waals surface area contributed by atoms with Gasteiger partial charge in [-0.05, 0) is 63.9 Å². The molecule has 0 amide bonds. The van der Waals surface area contributed by atoms with Gasteiger partial charge in [0.05, 0.1) is 5.69 Å². The van der Waals surface area contributed by atoms with Gasteiger partial charge in [-0.2, -0.15) is 0 Å². The molecule has 0 aliphatic rings. The minimum atomic E-state index is -1.01. The second-order valence-electron chi connectivity index (χ2n) is 6.38. The molecule has 0 aliphatic heterocycles. The van der Waals surface area contributed by atoms with Crippen LogP contribution in [0.5, 0.6) is 5.75 Å². The minimum Gasteiger partial charge on any atom is -0.482 e. The molecule has 1 aromatic heterocycles. The normalized spacial score (nSPS) is 11.8. The molecule has 1 atom stereocenters. The molecule has 1 aromatic carbocycles. The summed E-state index contributed by atoms with van der Waals surface area (Å²) in [5.74, 6) is -0.721. The molecule has 2 aromatic rings. The highest BCUT2D eigenvalue weighted by atomic mass is 35.5. The number of esters is 1. The molecule has 2 rings (SSSR count). The summed E-state index contributed by atoms with van der Waals surface area (Å²) in [6.45, 7) is 7.82. The molecular formula is C20H22ClNO5. The van der Waals surface area contributed by atoms with Gasteiger partial charge in [-0.3, -0.25) is 9.59 Å². The third-order valence-corrected chi connectivity index (χ3v) is 4.62. The molecule has 0 unspecified atom stereocenters. The van der Waals surface area contributed by atoms with Crippen molar-refractivity contribution in [3.05, 3.63) is 51.3 Å². The number of nitrogens with one attached hydrogen (secondary N) is 1. The Labute approximate surface area is 162 Å². The Hall–Kier alpha value is -2.60. The van der Waals surface area contributed by atoms with Crippen LogP contribution in [-0.4, -0.2) is 35.2 Å². The number of aromatic nitrogens is 1. The first kappa shape index (κ1) is 20.7. The van der Waals surface area contributed by atoms with Crippen LogP contribution in [-0.2, 0) is 9.53 Å². The van der Waals surface area contributed by atoms with Crippen LogP contribution in [0, 0.1) is 20.8 Å². The lowest BCUT2D eigenvalue weighted by atomic mass is 10.0. The number of aryl methyl sites for hydroxylation is 2. The van der Waals surface area contributed by atoms with Gasteiger partial charge in [0, 0.05) is 16.3 Å². The number of halogens is 1. The fraction of sp³-hybridized carbons (Fsp3) is 0.350. The molecule has 27 heavy (non-hydrogen) atoms. The molecule has 0 spiro atoms. The van der Waals surface area contributed by atoms with Crippen molar-refractivity contribution >= 4 is 29.1 Å². The molecule has 0 fully saturated rings. The van der Waals surface area contributed by atoms with Gasteiger partial charge in [0.15, 0.2) is 18.5 Å². The van der Waals surface area contributed by atoms with Crippen LogP contribution in [0.4, 0.5) is 0 Å². The molecule has 0 radical (unpaired) electrons. The number of ether oxygens (including phenoxy) is 2. The van der Waals surface area contributed by atoms with Gasteiger partial charge in [-0.1, -0.05) is 11.6 Å². The van der Waals surface area contributed by atoms with E-state index in [1.54, 1.807) is 32.0 Å². The van der Waals surface area contributed by atoms with Gasteiger partial charge in [-0.25, -0.2) is 4.79 Å². The van der Waals surface area contributed by atoms with E-state index < -0.39 is 17.9 Å². The van der Waals surface area contributed by atoms with E-state index in [4.69, 9.17) is 21.1 Å². The number of hydrogen-bond acceptors (Lipinski definition) is 5. The number of aromatic amines is 1. The van der Waals surface area contributed by atoms with Crippen LogP contribution in [0.25, 0.3) is 0 Å². The molecule has 6 nitrogen and oxygen atoms in total. The van der Waals surface area contributed by atoms with Crippen LogP contribution >= 0.6 is 11.6 Å². The largest absolute Gasteiger partial charge is 0.482 e. The van der Waals surface area contributed by atoms with Crippen LogP contribution in [0.15, 0.2) is 18.2 Å². The van der Waals surface area contributed by atoms with Crippen molar-refractivity contribution in [2.75, 3.05) is 6.61 Å². The number of carbonyl (C=O) groups is 3. The molecule has 1 heterocycles. The van der Waals surface area contributed by atoms with Gasteiger partial charge >= 0.3 is 5.97 Å². The van der Waals surface area contributed by atoms with Crippen molar-refractivity contribution in [1.29, 1.82) is 0 Å². The lowest BCUT2D eigenvalue weighted by Gasteiger charge is -2.13. The number of Topliss-reactive ketones (excluding diaryl/α,β-unsaturated/α-hetero) is 2. The zero-order valence-corrected chi connectivity index (χ0v) is 16.7. The molecule has 144 valence electrons. The Morgan fingerprint density at radius 3 is 2.41 bits per heavy atom. The minimum absolute atomic E-state index is 0.128. The van der Waals surface area contributed by atoms with E-state index in [1.807, 2.05) is 6.92 Å². The van der Waals surface area contributed by atoms with E-state index in [0.717, 1.165) is 5.56 Å². The zero-order chi connectivity index (χ0) is 20.3. The number of ketones is 2. The van der Waals surface area contributed by atoms with Gasteiger partial charge in [0.2, 0.25) is 5.78 Å². The molecular weight excluding hydrogens is 370 g/mol. The van der Waals surface area contributed by atoms with E-state index in [-0.39, 0.29) is 18.1 Å². The summed E-state index contributed by atoms with van der Waals surface area (Å²) in [4.78, 5) is 39.2. The van der Waals surface area contributed by atoms with E-state index in [2.05, 4.69) is 4.98 Å². The second kappa shape index (κ2) is 8.39. The lowest BCUT2D eigenvalue weighted by Crippen LogP contribution is -2.28. The van der Waals surface area contributed by atoms with Crippen molar-refractivity contribution in [2.24, 2.45) is 0 Å². The van der Waals surface area contributed by atoms with Gasteiger partial charge in [-0.15, -0.1) is 0 Å². The van der Waals surface area contributed by atoms with Crippen molar-refractivity contribution in [3.8, 4) is 5.75 Å². The highest BCUT2D eigenvalue weighted by Gasteiger charge is 2.26. The van der Waals surface area contributed by atoms with Crippen molar-refractivity contribution < 1.29 is 23.9 Å². The monoisotopic (exact) mass is 391 g/mol. The average Bonchev–Trinajstić information content (AvgIpc) is 2.89. The fourth-order valence-corrected chi connectivity index (χ4v) is 2.98. The van der Waals surface area contributed by atoms with Gasteiger partial charge in [0.25, 0.3) is 0 Å². The molecule has 0 saturated heterocycles. The number of carbonyl (C=O) groups excluding carboxylic acids is 3. The topological polar surface area (TPSA) is 85.5 Å². The standard InChI is InChI=1S/C20H22ClNO5/c1-10-8-15(6-7-16(10)21)26-9-17(24)27-14(5)20(25)19-11(2)18(13(4)23)12(3)22-19/h6-8,14,22H,9H2,1-5H3/t14-/m0/s1. The van der Waals surface area contributed by atoms with E-state index in [0.29, 0.717) is 27.6 Å². The second-order valence-corrected chi connectivity index (χ2v) is 6.78. The van der Waals surface area contributed by atoms with Crippen molar-refractivity contribution in [1.82, 2.24) is 4.98 Å². The Morgan fingerprint density at radius 2 is 1.85 bits per heavy atom. The number of rotatable bonds is 7. The first-order valence-corrected chi connectivity index (χ1v) is 8.82. The predicted molar refractivity (Wildman–Crippen MR) is 102 cm³/mol. The first-order valence-electron chi connectivity index (χ1n) is 8.44. The smallest absolute Gasteiger partial charge is 0.344 e. The summed E-state index contributed by atoms with van der Waals surface area (Å²) >= 11 is 5.94.